The number of carbonyl (C=O) groups excluding carboxylic acids is 1. The van der Waals surface area contributed by atoms with E-state index >= 15 is 0 Å². The summed E-state index contributed by atoms with van der Waals surface area (Å²) >= 11 is 1.89. The van der Waals surface area contributed by atoms with E-state index in [9.17, 15) is 4.79 Å². The molecule has 2 aromatic carbocycles. The molecule has 1 aliphatic rings. The summed E-state index contributed by atoms with van der Waals surface area (Å²) in [6.07, 6.45) is 3.17. The monoisotopic (exact) mass is 391 g/mol. The second kappa shape index (κ2) is 9.16. The number of benzene rings is 2. The van der Waals surface area contributed by atoms with Crippen LogP contribution in [0.1, 0.15) is 40.9 Å². The Bertz CT molecular complexity index is 825. The number of amides is 1. The first-order chi connectivity index (χ1) is 13.8. The molecule has 0 saturated carbocycles. The van der Waals surface area contributed by atoms with E-state index in [0.29, 0.717) is 11.7 Å². The zero-order valence-corrected chi connectivity index (χ0v) is 16.7. The zero-order chi connectivity index (χ0) is 19.2. The summed E-state index contributed by atoms with van der Waals surface area (Å²) in [6, 6.07) is 24.7. The molecular formula is C24H25NO2S. The van der Waals surface area contributed by atoms with Gasteiger partial charge in [0.15, 0.2) is 0 Å². The lowest BCUT2D eigenvalue weighted by Gasteiger charge is -2.24. The first-order valence-corrected chi connectivity index (χ1v) is 10.9. The van der Waals surface area contributed by atoms with Gasteiger partial charge in [-0.15, -0.1) is 11.8 Å². The Hall–Kier alpha value is -2.46. The van der Waals surface area contributed by atoms with Gasteiger partial charge in [0.05, 0.1) is 11.5 Å². The molecule has 3 nitrogen and oxygen atoms in total. The molecule has 0 bridgehead atoms. The van der Waals surface area contributed by atoms with Crippen LogP contribution < -0.4 is 0 Å². The van der Waals surface area contributed by atoms with Gasteiger partial charge in [0, 0.05) is 31.2 Å². The van der Waals surface area contributed by atoms with Crippen LogP contribution in [0.25, 0.3) is 0 Å². The minimum atomic E-state index is 0.0895. The Morgan fingerprint density at radius 1 is 0.964 bits per heavy atom. The van der Waals surface area contributed by atoms with Crippen LogP contribution in [-0.4, -0.2) is 29.6 Å². The van der Waals surface area contributed by atoms with Crippen LogP contribution >= 0.6 is 11.8 Å². The second-order valence-electron chi connectivity index (χ2n) is 7.12. The lowest BCUT2D eigenvalue weighted by molar-refractivity contribution is -0.131. The maximum absolute atomic E-state index is 13.2. The zero-order valence-electron chi connectivity index (χ0n) is 15.9. The first kappa shape index (κ1) is 18.9. The van der Waals surface area contributed by atoms with E-state index in [0.717, 1.165) is 31.0 Å². The summed E-state index contributed by atoms with van der Waals surface area (Å²) in [4.78, 5) is 15.2. The molecule has 0 aliphatic carbocycles. The van der Waals surface area contributed by atoms with Gasteiger partial charge < -0.3 is 9.32 Å². The summed E-state index contributed by atoms with van der Waals surface area (Å²) in [5.74, 6) is 2.29. The van der Waals surface area contributed by atoms with Crippen LogP contribution in [0.15, 0.2) is 83.5 Å². The van der Waals surface area contributed by atoms with Crippen molar-refractivity contribution < 1.29 is 9.21 Å². The number of carbonyl (C=O) groups is 1. The van der Waals surface area contributed by atoms with Gasteiger partial charge in [-0.1, -0.05) is 60.7 Å². The largest absolute Gasteiger partial charge is 0.468 e. The highest BCUT2D eigenvalue weighted by Crippen LogP contribution is 2.35. The SMILES string of the molecule is O=C(CC(c1ccccc1)c1ccccc1)N1CCS[C@@H](c2ccco2)CC1. The molecule has 0 spiro atoms. The van der Waals surface area contributed by atoms with Gasteiger partial charge >= 0.3 is 0 Å². The van der Waals surface area contributed by atoms with Gasteiger partial charge in [0.2, 0.25) is 5.91 Å². The molecule has 1 saturated heterocycles. The summed E-state index contributed by atoms with van der Waals surface area (Å²) in [5.41, 5.74) is 2.39. The Balaban J connectivity index is 1.47. The van der Waals surface area contributed by atoms with Crippen molar-refractivity contribution in [2.24, 2.45) is 0 Å². The third kappa shape index (κ3) is 4.50. The Labute approximate surface area is 170 Å². The van der Waals surface area contributed by atoms with Gasteiger partial charge in [-0.3, -0.25) is 4.79 Å². The molecule has 144 valence electrons. The van der Waals surface area contributed by atoms with Crippen LogP contribution in [0.2, 0.25) is 0 Å². The Morgan fingerprint density at radius 2 is 1.64 bits per heavy atom. The highest BCUT2D eigenvalue weighted by atomic mass is 32.2. The fraction of sp³-hybridized carbons (Fsp3) is 0.292. The highest BCUT2D eigenvalue weighted by Gasteiger charge is 2.26. The molecule has 4 heteroatoms. The van der Waals surface area contributed by atoms with E-state index in [4.69, 9.17) is 4.42 Å². The average Bonchev–Trinajstić information content (AvgIpc) is 3.17. The maximum Gasteiger partial charge on any atom is 0.223 e. The summed E-state index contributed by atoms with van der Waals surface area (Å²) in [6.45, 7) is 1.59. The van der Waals surface area contributed by atoms with Crippen LogP contribution in [-0.2, 0) is 4.79 Å². The van der Waals surface area contributed by atoms with Gasteiger partial charge in [-0.25, -0.2) is 0 Å². The number of hydrogen-bond acceptors (Lipinski definition) is 3. The van der Waals surface area contributed by atoms with E-state index in [1.165, 1.54) is 11.1 Å². The van der Waals surface area contributed by atoms with Crippen molar-refractivity contribution in [3.63, 3.8) is 0 Å². The minimum absolute atomic E-state index is 0.0895. The number of nitrogens with zero attached hydrogens (tertiary/aromatic N) is 1. The molecule has 28 heavy (non-hydrogen) atoms. The molecule has 1 fully saturated rings. The molecule has 0 unspecified atom stereocenters. The Kier molecular flexibility index (Phi) is 6.17. The standard InChI is InChI=1S/C24H25NO2S/c26-24(25-14-13-23(28-17-15-25)22-12-7-16-27-22)18-21(19-8-3-1-4-9-19)20-10-5-2-6-11-20/h1-12,16,21,23H,13-15,17-18H2/t23-/m1/s1. The summed E-state index contributed by atoms with van der Waals surface area (Å²) < 4.78 is 5.58. The fourth-order valence-corrected chi connectivity index (χ4v) is 5.00. The third-order valence-electron chi connectivity index (χ3n) is 5.34. The quantitative estimate of drug-likeness (QED) is 0.575. The van der Waals surface area contributed by atoms with Gasteiger partial charge in [0.1, 0.15) is 5.76 Å². The van der Waals surface area contributed by atoms with E-state index in [2.05, 4.69) is 24.3 Å². The number of rotatable bonds is 5. The summed E-state index contributed by atoms with van der Waals surface area (Å²) in [5, 5.41) is 0.340. The van der Waals surface area contributed by atoms with E-state index in [1.807, 2.05) is 65.2 Å². The number of hydrogen-bond donors (Lipinski definition) is 0. The minimum Gasteiger partial charge on any atom is -0.468 e. The third-order valence-corrected chi connectivity index (χ3v) is 6.63. The predicted molar refractivity (Wildman–Crippen MR) is 114 cm³/mol. The number of thioether (sulfide) groups is 1. The summed E-state index contributed by atoms with van der Waals surface area (Å²) in [7, 11) is 0. The molecular weight excluding hydrogens is 366 g/mol. The van der Waals surface area contributed by atoms with Crippen molar-refractivity contribution in [3.8, 4) is 0 Å². The fourth-order valence-electron chi connectivity index (χ4n) is 3.82. The van der Waals surface area contributed by atoms with Gasteiger partial charge in [-0.05, 0) is 29.7 Å². The van der Waals surface area contributed by atoms with Crippen LogP contribution in [0.5, 0.6) is 0 Å². The Morgan fingerprint density at radius 3 is 2.25 bits per heavy atom. The van der Waals surface area contributed by atoms with Crippen molar-refractivity contribution in [3.05, 3.63) is 95.9 Å². The first-order valence-electron chi connectivity index (χ1n) is 9.84. The van der Waals surface area contributed by atoms with E-state index in [1.54, 1.807) is 6.26 Å². The molecule has 1 aromatic heterocycles. The molecule has 1 atom stereocenters. The number of furan rings is 1. The van der Waals surface area contributed by atoms with Crippen LogP contribution in [0, 0.1) is 0 Å². The van der Waals surface area contributed by atoms with Crippen molar-refractivity contribution in [1.29, 1.82) is 0 Å². The molecule has 3 aromatic rings. The molecule has 1 amide bonds. The molecule has 2 heterocycles. The smallest absolute Gasteiger partial charge is 0.223 e. The maximum atomic E-state index is 13.2. The van der Waals surface area contributed by atoms with Crippen molar-refractivity contribution in [1.82, 2.24) is 4.90 Å². The molecule has 1 aliphatic heterocycles. The van der Waals surface area contributed by atoms with Crippen molar-refractivity contribution in [2.75, 3.05) is 18.8 Å². The van der Waals surface area contributed by atoms with Gasteiger partial charge in [0.25, 0.3) is 0 Å². The van der Waals surface area contributed by atoms with Crippen LogP contribution in [0.4, 0.5) is 0 Å². The van der Waals surface area contributed by atoms with Gasteiger partial charge in [-0.2, -0.15) is 0 Å². The van der Waals surface area contributed by atoms with Crippen molar-refractivity contribution in [2.45, 2.75) is 24.0 Å². The van der Waals surface area contributed by atoms with Crippen molar-refractivity contribution >= 4 is 17.7 Å². The topological polar surface area (TPSA) is 33.5 Å². The second-order valence-corrected chi connectivity index (χ2v) is 8.43. The normalized spacial score (nSPS) is 17.5. The predicted octanol–water partition coefficient (Wildman–Crippen LogP) is 5.51. The lowest BCUT2D eigenvalue weighted by Crippen LogP contribution is -2.34. The lowest BCUT2D eigenvalue weighted by atomic mass is 9.88. The highest BCUT2D eigenvalue weighted by molar-refractivity contribution is 7.99. The van der Waals surface area contributed by atoms with Crippen LogP contribution in [0.3, 0.4) is 0 Å². The molecule has 0 N–H and O–H groups in total. The molecule has 4 rings (SSSR count). The van der Waals surface area contributed by atoms with E-state index < -0.39 is 0 Å². The van der Waals surface area contributed by atoms with E-state index in [-0.39, 0.29) is 11.8 Å². The average molecular weight is 392 g/mol. The molecule has 0 radical (unpaired) electrons.